The van der Waals surface area contributed by atoms with Crippen LogP contribution in [0, 0.1) is 0 Å². The van der Waals surface area contributed by atoms with E-state index in [4.69, 9.17) is 16.3 Å². The van der Waals surface area contributed by atoms with Gasteiger partial charge < -0.3 is 4.74 Å². The van der Waals surface area contributed by atoms with Crippen LogP contribution in [0.3, 0.4) is 0 Å². The highest BCUT2D eigenvalue weighted by atomic mass is 35.5. The van der Waals surface area contributed by atoms with Gasteiger partial charge in [-0.25, -0.2) is 0 Å². The Bertz CT molecular complexity index is 610. The van der Waals surface area contributed by atoms with Gasteiger partial charge in [-0.3, -0.25) is 9.69 Å². The number of likely N-dealkylation sites (N-methyl/N-ethyl adjacent to an activating group) is 1. The number of hydrogen-bond acceptors (Lipinski definition) is 3. The van der Waals surface area contributed by atoms with Crippen molar-refractivity contribution in [2.45, 2.75) is 6.54 Å². The van der Waals surface area contributed by atoms with Gasteiger partial charge in [0.05, 0.1) is 13.7 Å². The van der Waals surface area contributed by atoms with E-state index in [2.05, 4.69) is 0 Å². The normalized spacial score (nSPS) is 10.7. The lowest BCUT2D eigenvalue weighted by atomic mass is 10.1. The molecular weight excluding hydrogens is 286 g/mol. The topological polar surface area (TPSA) is 29.5 Å². The molecule has 0 aliphatic carbocycles. The molecule has 0 heterocycles. The van der Waals surface area contributed by atoms with E-state index in [0.717, 1.165) is 11.3 Å². The zero-order valence-corrected chi connectivity index (χ0v) is 12.9. The molecule has 21 heavy (non-hydrogen) atoms. The Labute approximate surface area is 130 Å². The van der Waals surface area contributed by atoms with E-state index in [9.17, 15) is 4.79 Å². The molecule has 0 bridgehead atoms. The summed E-state index contributed by atoms with van der Waals surface area (Å²) in [6.45, 7) is 1.06. The number of ketones is 1. The van der Waals surface area contributed by atoms with Crippen LogP contribution in [-0.2, 0) is 6.54 Å². The van der Waals surface area contributed by atoms with Crippen molar-refractivity contribution in [1.29, 1.82) is 0 Å². The van der Waals surface area contributed by atoms with Crippen LogP contribution in [0.25, 0.3) is 0 Å². The van der Waals surface area contributed by atoms with Crippen molar-refractivity contribution in [2.24, 2.45) is 0 Å². The Balaban J connectivity index is 1.94. The standard InChI is InChI=1S/C17H18ClNO2/c1-19(11-13-6-8-16(21-2)9-7-13)12-17(20)14-4-3-5-15(18)10-14/h3-10H,11-12H2,1-2H3. The second-order valence-corrected chi connectivity index (χ2v) is 5.39. The highest BCUT2D eigenvalue weighted by Crippen LogP contribution is 2.14. The minimum atomic E-state index is 0.0634. The quantitative estimate of drug-likeness (QED) is 0.763. The van der Waals surface area contributed by atoms with Gasteiger partial charge in [0.1, 0.15) is 5.75 Å². The van der Waals surface area contributed by atoms with Gasteiger partial charge in [-0.1, -0.05) is 35.9 Å². The van der Waals surface area contributed by atoms with Crippen molar-refractivity contribution < 1.29 is 9.53 Å². The maximum absolute atomic E-state index is 12.2. The number of benzene rings is 2. The summed E-state index contributed by atoms with van der Waals surface area (Å²) >= 11 is 5.91. The van der Waals surface area contributed by atoms with Crippen LogP contribution in [0.4, 0.5) is 0 Å². The van der Waals surface area contributed by atoms with E-state index >= 15 is 0 Å². The highest BCUT2D eigenvalue weighted by Gasteiger charge is 2.10. The van der Waals surface area contributed by atoms with Crippen molar-refractivity contribution in [2.75, 3.05) is 20.7 Å². The summed E-state index contributed by atoms with van der Waals surface area (Å²) in [6, 6.07) is 14.9. The van der Waals surface area contributed by atoms with E-state index in [1.165, 1.54) is 0 Å². The second-order valence-electron chi connectivity index (χ2n) is 4.95. The first-order valence-corrected chi connectivity index (χ1v) is 7.06. The van der Waals surface area contributed by atoms with Crippen LogP contribution in [0.1, 0.15) is 15.9 Å². The molecule has 3 nitrogen and oxygen atoms in total. The molecule has 0 saturated carbocycles. The molecule has 0 N–H and O–H groups in total. The molecule has 2 aromatic carbocycles. The summed E-state index contributed by atoms with van der Waals surface area (Å²) in [4.78, 5) is 14.2. The fourth-order valence-electron chi connectivity index (χ4n) is 2.10. The van der Waals surface area contributed by atoms with Crippen molar-refractivity contribution in [3.8, 4) is 5.75 Å². The number of rotatable bonds is 6. The molecule has 0 fully saturated rings. The molecule has 4 heteroatoms. The molecule has 0 unspecified atom stereocenters. The Morgan fingerprint density at radius 1 is 1.19 bits per heavy atom. The summed E-state index contributed by atoms with van der Waals surface area (Å²) in [6.07, 6.45) is 0. The largest absolute Gasteiger partial charge is 0.497 e. The van der Waals surface area contributed by atoms with E-state index in [1.807, 2.05) is 36.2 Å². The molecule has 0 amide bonds. The number of Topliss-reactive ketones (excluding diaryl/α,β-unsaturated/α-hetero) is 1. The van der Waals surface area contributed by atoms with Gasteiger partial charge in [0.25, 0.3) is 0 Å². The minimum absolute atomic E-state index is 0.0634. The van der Waals surface area contributed by atoms with Gasteiger partial charge in [-0.2, -0.15) is 0 Å². The van der Waals surface area contributed by atoms with E-state index in [0.29, 0.717) is 23.7 Å². The fraction of sp³-hybridized carbons (Fsp3) is 0.235. The average Bonchev–Trinajstić information content (AvgIpc) is 2.48. The zero-order valence-electron chi connectivity index (χ0n) is 12.2. The first kappa shape index (κ1) is 15.5. The van der Waals surface area contributed by atoms with Crippen LogP contribution >= 0.6 is 11.6 Å². The van der Waals surface area contributed by atoms with Crippen LogP contribution in [0.5, 0.6) is 5.75 Å². The molecule has 2 rings (SSSR count). The molecule has 2 aromatic rings. The lowest BCUT2D eigenvalue weighted by molar-refractivity contribution is 0.0943. The van der Waals surface area contributed by atoms with Crippen LogP contribution in [0.15, 0.2) is 48.5 Å². The van der Waals surface area contributed by atoms with E-state index in [1.54, 1.807) is 31.4 Å². The lowest BCUT2D eigenvalue weighted by Crippen LogP contribution is -2.25. The number of methoxy groups -OCH3 is 1. The Kier molecular flexibility index (Phi) is 5.37. The molecule has 0 atom stereocenters. The van der Waals surface area contributed by atoms with Gasteiger partial charge >= 0.3 is 0 Å². The Morgan fingerprint density at radius 3 is 2.52 bits per heavy atom. The predicted molar refractivity (Wildman–Crippen MR) is 85.1 cm³/mol. The summed E-state index contributed by atoms with van der Waals surface area (Å²) in [5, 5.41) is 0.582. The van der Waals surface area contributed by atoms with Gasteiger partial charge in [0, 0.05) is 17.1 Å². The maximum atomic E-state index is 12.2. The molecule has 0 aliphatic heterocycles. The average molecular weight is 304 g/mol. The summed E-state index contributed by atoms with van der Waals surface area (Å²) in [5.74, 6) is 0.893. The number of ether oxygens (including phenoxy) is 1. The number of nitrogens with zero attached hydrogens (tertiary/aromatic N) is 1. The number of carbonyl (C=O) groups excluding carboxylic acids is 1. The maximum Gasteiger partial charge on any atom is 0.176 e. The lowest BCUT2D eigenvalue weighted by Gasteiger charge is -2.16. The summed E-state index contributed by atoms with van der Waals surface area (Å²) < 4.78 is 5.13. The van der Waals surface area contributed by atoms with E-state index in [-0.39, 0.29) is 5.78 Å². The SMILES string of the molecule is COc1ccc(CN(C)CC(=O)c2cccc(Cl)c2)cc1. The first-order chi connectivity index (χ1) is 10.1. The third-order valence-corrected chi connectivity index (χ3v) is 3.41. The number of halogens is 1. The third-order valence-electron chi connectivity index (χ3n) is 3.17. The minimum Gasteiger partial charge on any atom is -0.497 e. The van der Waals surface area contributed by atoms with Gasteiger partial charge in [-0.05, 0) is 36.9 Å². The molecular formula is C17H18ClNO2. The highest BCUT2D eigenvalue weighted by molar-refractivity contribution is 6.31. The monoisotopic (exact) mass is 303 g/mol. The smallest absolute Gasteiger partial charge is 0.176 e. The van der Waals surface area contributed by atoms with Crippen LogP contribution in [-0.4, -0.2) is 31.4 Å². The van der Waals surface area contributed by atoms with Crippen molar-refractivity contribution >= 4 is 17.4 Å². The molecule has 0 spiro atoms. The summed E-state index contributed by atoms with van der Waals surface area (Å²) in [5.41, 5.74) is 1.78. The Morgan fingerprint density at radius 2 is 1.90 bits per heavy atom. The summed E-state index contributed by atoms with van der Waals surface area (Å²) in [7, 11) is 3.57. The number of carbonyl (C=O) groups is 1. The molecule has 0 radical (unpaired) electrons. The number of hydrogen-bond donors (Lipinski definition) is 0. The van der Waals surface area contributed by atoms with Gasteiger partial charge in [-0.15, -0.1) is 0 Å². The molecule has 110 valence electrons. The van der Waals surface area contributed by atoms with Gasteiger partial charge in [0.15, 0.2) is 5.78 Å². The molecule has 0 aromatic heterocycles. The van der Waals surface area contributed by atoms with Gasteiger partial charge in [0.2, 0.25) is 0 Å². The fourth-order valence-corrected chi connectivity index (χ4v) is 2.29. The zero-order chi connectivity index (χ0) is 15.2. The van der Waals surface area contributed by atoms with Crippen molar-refractivity contribution in [3.63, 3.8) is 0 Å². The molecule has 0 saturated heterocycles. The predicted octanol–water partition coefficient (Wildman–Crippen LogP) is 3.66. The van der Waals surface area contributed by atoms with Crippen molar-refractivity contribution in [1.82, 2.24) is 4.90 Å². The second kappa shape index (κ2) is 7.25. The van der Waals surface area contributed by atoms with Crippen LogP contribution in [0.2, 0.25) is 5.02 Å². The van der Waals surface area contributed by atoms with Crippen molar-refractivity contribution in [3.05, 3.63) is 64.7 Å². The Hall–Kier alpha value is -1.84. The van der Waals surface area contributed by atoms with E-state index < -0.39 is 0 Å². The first-order valence-electron chi connectivity index (χ1n) is 6.68. The third kappa shape index (κ3) is 4.59. The molecule has 0 aliphatic rings. The van der Waals surface area contributed by atoms with Crippen LogP contribution < -0.4 is 4.74 Å².